The van der Waals surface area contributed by atoms with Gasteiger partial charge in [-0.25, -0.2) is 9.69 Å². The number of carbonyl (C=O) groups is 3. The van der Waals surface area contributed by atoms with Crippen LogP contribution >= 0.6 is 0 Å². The van der Waals surface area contributed by atoms with E-state index >= 15 is 0 Å². The highest BCUT2D eigenvalue weighted by molar-refractivity contribution is 5.98. The van der Waals surface area contributed by atoms with Crippen molar-refractivity contribution in [1.29, 1.82) is 0 Å². The summed E-state index contributed by atoms with van der Waals surface area (Å²) in [5.41, 5.74) is 0. The predicted molar refractivity (Wildman–Crippen MR) is 79.5 cm³/mol. The van der Waals surface area contributed by atoms with Gasteiger partial charge in [-0.2, -0.15) is 0 Å². The lowest BCUT2D eigenvalue weighted by Crippen LogP contribution is -2.47. The van der Waals surface area contributed by atoms with Crippen molar-refractivity contribution in [2.24, 2.45) is 0 Å². The molecule has 0 spiro atoms. The molecule has 0 N–H and O–H groups in total. The summed E-state index contributed by atoms with van der Waals surface area (Å²) >= 11 is 0. The number of carbonyl (C=O) groups excluding carboxylic acids is 3. The third-order valence-electron chi connectivity index (χ3n) is 4.41. The average molecular weight is 332 g/mol. The Hall–Kier alpha value is -2.77. The first-order valence-corrected chi connectivity index (χ1v) is 7.79. The van der Waals surface area contributed by atoms with Crippen LogP contribution in [0.2, 0.25) is 0 Å². The van der Waals surface area contributed by atoms with Crippen LogP contribution in [0.1, 0.15) is 6.42 Å². The highest BCUT2D eigenvalue weighted by Gasteiger charge is 2.43. The van der Waals surface area contributed by atoms with Crippen molar-refractivity contribution in [3.8, 4) is 11.5 Å². The normalized spacial score (nSPS) is 25.8. The molecule has 3 aliphatic rings. The molecule has 0 radical (unpaired) electrons. The highest BCUT2D eigenvalue weighted by Crippen LogP contribution is 2.31. The van der Waals surface area contributed by atoms with E-state index in [0.717, 1.165) is 4.90 Å². The summed E-state index contributed by atoms with van der Waals surface area (Å²) in [5, 5.41) is 0. The summed E-state index contributed by atoms with van der Waals surface area (Å²) < 4.78 is 16.0. The first-order valence-electron chi connectivity index (χ1n) is 7.79. The molecular formula is C16H16N2O6. The number of cyclic esters (lactones) is 1. The van der Waals surface area contributed by atoms with Gasteiger partial charge in [0.1, 0.15) is 6.61 Å². The van der Waals surface area contributed by atoms with Gasteiger partial charge in [-0.1, -0.05) is 12.1 Å². The Morgan fingerprint density at radius 3 is 2.67 bits per heavy atom. The number of para-hydroxylation sites is 2. The minimum atomic E-state index is -0.722. The number of hydrogen-bond acceptors (Lipinski definition) is 6. The van der Waals surface area contributed by atoms with Gasteiger partial charge in [-0.15, -0.1) is 0 Å². The van der Waals surface area contributed by atoms with Gasteiger partial charge < -0.3 is 19.1 Å². The molecule has 3 aliphatic heterocycles. The van der Waals surface area contributed by atoms with E-state index in [0.29, 0.717) is 31.0 Å². The molecule has 2 fully saturated rings. The second-order valence-corrected chi connectivity index (χ2v) is 5.91. The predicted octanol–water partition coefficient (Wildman–Crippen LogP) is 0.406. The van der Waals surface area contributed by atoms with Crippen molar-refractivity contribution in [2.45, 2.75) is 18.6 Å². The first-order chi connectivity index (χ1) is 11.6. The van der Waals surface area contributed by atoms with E-state index in [9.17, 15) is 14.4 Å². The van der Waals surface area contributed by atoms with Gasteiger partial charge >= 0.3 is 6.09 Å². The van der Waals surface area contributed by atoms with Crippen LogP contribution in [0.15, 0.2) is 24.3 Å². The molecule has 1 aromatic rings. The Kier molecular flexibility index (Phi) is 3.51. The third-order valence-corrected chi connectivity index (χ3v) is 4.41. The number of imide groups is 1. The van der Waals surface area contributed by atoms with Crippen LogP contribution in [0.4, 0.5) is 4.79 Å². The number of benzene rings is 1. The number of nitrogens with zero attached hydrogens (tertiary/aromatic N) is 2. The molecule has 3 heterocycles. The molecule has 0 bridgehead atoms. The molecule has 126 valence electrons. The van der Waals surface area contributed by atoms with Crippen molar-refractivity contribution in [2.75, 3.05) is 26.3 Å². The van der Waals surface area contributed by atoms with E-state index in [2.05, 4.69) is 0 Å². The van der Waals surface area contributed by atoms with Crippen LogP contribution in [0.25, 0.3) is 0 Å². The number of likely N-dealkylation sites (tertiary alicyclic amines) is 1. The summed E-state index contributed by atoms with van der Waals surface area (Å²) in [5.74, 6) is 0.597. The lowest BCUT2D eigenvalue weighted by Gasteiger charge is -2.29. The lowest BCUT2D eigenvalue weighted by atomic mass is 10.2. The molecular weight excluding hydrogens is 316 g/mol. The summed E-state index contributed by atoms with van der Waals surface area (Å²) in [4.78, 5) is 38.7. The van der Waals surface area contributed by atoms with Crippen LogP contribution < -0.4 is 9.47 Å². The first kappa shape index (κ1) is 14.8. The largest absolute Gasteiger partial charge is 0.485 e. The third kappa shape index (κ3) is 2.44. The molecule has 3 amide bonds. The number of amides is 3. The minimum Gasteiger partial charge on any atom is -0.485 e. The molecule has 8 heteroatoms. The lowest BCUT2D eigenvalue weighted by molar-refractivity contribution is -0.140. The highest BCUT2D eigenvalue weighted by atomic mass is 16.6. The number of ether oxygens (including phenoxy) is 3. The topological polar surface area (TPSA) is 85.4 Å². The molecule has 2 atom stereocenters. The molecule has 1 aromatic carbocycles. The number of rotatable bonds is 2. The number of fused-ring (bicyclic) bond motifs is 1. The van der Waals surface area contributed by atoms with Gasteiger partial charge in [0.2, 0.25) is 6.10 Å². The second-order valence-electron chi connectivity index (χ2n) is 5.91. The van der Waals surface area contributed by atoms with Crippen LogP contribution in [0, 0.1) is 0 Å². The standard InChI is InChI=1S/C16H16N2O6/c19-14-9-23-16(21)18(14)10-5-6-17(7-10)15(20)13-8-22-11-3-1-2-4-12(11)24-13/h1-4,10,13H,5-9H2/t10-,13+/m0/s1. The van der Waals surface area contributed by atoms with Crippen LogP contribution in [0.3, 0.4) is 0 Å². The maximum atomic E-state index is 12.6. The quantitative estimate of drug-likeness (QED) is 0.780. The molecule has 24 heavy (non-hydrogen) atoms. The van der Waals surface area contributed by atoms with Crippen molar-refractivity contribution in [1.82, 2.24) is 9.80 Å². The summed E-state index contributed by atoms with van der Waals surface area (Å²) in [6.45, 7) is 0.671. The average Bonchev–Trinajstić information content (AvgIpc) is 3.20. The Morgan fingerprint density at radius 2 is 1.92 bits per heavy atom. The molecule has 0 unspecified atom stereocenters. The Morgan fingerprint density at radius 1 is 1.12 bits per heavy atom. The van der Waals surface area contributed by atoms with Gasteiger partial charge in [0.25, 0.3) is 11.8 Å². The summed E-state index contributed by atoms with van der Waals surface area (Å²) in [6, 6.07) is 6.84. The van der Waals surface area contributed by atoms with Gasteiger partial charge in [0.05, 0.1) is 6.04 Å². The second kappa shape index (κ2) is 5.70. The van der Waals surface area contributed by atoms with E-state index in [1.165, 1.54) is 0 Å². The van der Waals surface area contributed by atoms with Crippen molar-refractivity contribution in [3.63, 3.8) is 0 Å². The molecule has 0 saturated carbocycles. The fraction of sp³-hybridized carbons (Fsp3) is 0.438. The van der Waals surface area contributed by atoms with Gasteiger partial charge in [0.15, 0.2) is 18.1 Å². The van der Waals surface area contributed by atoms with E-state index in [-0.39, 0.29) is 31.1 Å². The van der Waals surface area contributed by atoms with Crippen LogP contribution in [0.5, 0.6) is 11.5 Å². The molecule has 0 aliphatic carbocycles. The summed E-state index contributed by atoms with van der Waals surface area (Å²) in [6.07, 6.45) is -0.818. The zero-order valence-corrected chi connectivity index (χ0v) is 12.8. The van der Waals surface area contributed by atoms with Crippen molar-refractivity contribution >= 4 is 17.9 Å². The smallest absolute Gasteiger partial charge is 0.417 e. The fourth-order valence-electron chi connectivity index (χ4n) is 3.21. The fourth-order valence-corrected chi connectivity index (χ4v) is 3.21. The van der Waals surface area contributed by atoms with Gasteiger partial charge in [-0.3, -0.25) is 9.59 Å². The molecule has 0 aromatic heterocycles. The Balaban J connectivity index is 1.41. The molecule has 8 nitrogen and oxygen atoms in total. The van der Waals surface area contributed by atoms with Gasteiger partial charge in [-0.05, 0) is 18.6 Å². The molecule has 2 saturated heterocycles. The van der Waals surface area contributed by atoms with E-state index in [4.69, 9.17) is 14.2 Å². The van der Waals surface area contributed by atoms with E-state index in [1.807, 2.05) is 12.1 Å². The molecule has 4 rings (SSSR count). The van der Waals surface area contributed by atoms with E-state index in [1.54, 1.807) is 17.0 Å². The monoisotopic (exact) mass is 332 g/mol. The summed E-state index contributed by atoms with van der Waals surface area (Å²) in [7, 11) is 0. The van der Waals surface area contributed by atoms with Crippen LogP contribution in [-0.4, -0.2) is 66.2 Å². The van der Waals surface area contributed by atoms with E-state index < -0.39 is 12.2 Å². The minimum absolute atomic E-state index is 0.141. The Labute approximate surface area is 137 Å². The van der Waals surface area contributed by atoms with Crippen molar-refractivity contribution < 1.29 is 28.6 Å². The maximum absolute atomic E-state index is 12.6. The zero-order valence-electron chi connectivity index (χ0n) is 12.8. The maximum Gasteiger partial charge on any atom is 0.417 e. The van der Waals surface area contributed by atoms with Crippen molar-refractivity contribution in [3.05, 3.63) is 24.3 Å². The number of hydrogen-bond donors (Lipinski definition) is 0. The SMILES string of the molecule is O=C([C@H]1COc2ccccc2O1)N1CC[C@H](N2C(=O)COC2=O)C1. The zero-order chi connectivity index (χ0) is 16.7. The van der Waals surface area contributed by atoms with Crippen LogP contribution in [-0.2, 0) is 14.3 Å². The Bertz CT molecular complexity index is 690. The van der Waals surface area contributed by atoms with Gasteiger partial charge in [0, 0.05) is 13.1 Å².